The molecule has 7 heteroatoms. The molecule has 3 nitrogen and oxygen atoms in total. The zero-order valence-corrected chi connectivity index (χ0v) is 13.7. The average molecular weight is 370 g/mol. The van der Waals surface area contributed by atoms with E-state index in [4.69, 9.17) is 34.8 Å². The number of benzene rings is 2. The molecule has 0 spiro atoms. The molecule has 0 fully saturated rings. The monoisotopic (exact) mass is 368 g/mol. The zero-order valence-electron chi connectivity index (χ0n) is 11.4. The lowest BCUT2D eigenvalue weighted by molar-refractivity contribution is 0.112. The largest absolute Gasteiger partial charge is 0.298 e. The summed E-state index contributed by atoms with van der Waals surface area (Å²) in [4.78, 5) is 11.3. The van der Waals surface area contributed by atoms with Gasteiger partial charge in [-0.3, -0.25) is 4.79 Å². The van der Waals surface area contributed by atoms with Crippen molar-refractivity contribution in [2.24, 2.45) is 0 Å². The van der Waals surface area contributed by atoms with Gasteiger partial charge in [0.25, 0.3) is 0 Å². The van der Waals surface area contributed by atoms with Crippen LogP contribution in [0.15, 0.2) is 42.6 Å². The first-order valence-corrected chi connectivity index (χ1v) is 7.58. The second kappa shape index (κ2) is 6.32. The molecule has 0 radical (unpaired) electrons. The maximum atomic E-state index is 13.7. The molecule has 0 amide bonds. The van der Waals surface area contributed by atoms with Crippen molar-refractivity contribution in [3.05, 3.63) is 69.0 Å². The number of nitrogens with zero attached hydrogens (tertiary/aromatic N) is 2. The molecule has 2 aromatic carbocycles. The summed E-state index contributed by atoms with van der Waals surface area (Å²) in [6, 6.07) is 9.39. The molecule has 0 atom stereocenters. The van der Waals surface area contributed by atoms with Gasteiger partial charge in [-0.2, -0.15) is 5.10 Å². The maximum absolute atomic E-state index is 13.7. The molecular weight excluding hydrogens is 362 g/mol. The van der Waals surface area contributed by atoms with Crippen molar-refractivity contribution in [3.63, 3.8) is 0 Å². The van der Waals surface area contributed by atoms with Crippen LogP contribution in [0.25, 0.3) is 16.9 Å². The molecule has 1 aromatic heterocycles. The Hall–Kier alpha value is -1.88. The van der Waals surface area contributed by atoms with Gasteiger partial charge < -0.3 is 0 Å². The quantitative estimate of drug-likeness (QED) is 0.454. The Morgan fingerprint density at radius 1 is 1.09 bits per heavy atom. The van der Waals surface area contributed by atoms with Crippen molar-refractivity contribution in [3.8, 4) is 16.9 Å². The van der Waals surface area contributed by atoms with Gasteiger partial charge >= 0.3 is 0 Å². The van der Waals surface area contributed by atoms with Gasteiger partial charge in [-0.25, -0.2) is 9.07 Å². The minimum absolute atomic E-state index is 0.0966. The Morgan fingerprint density at radius 2 is 1.87 bits per heavy atom. The first-order valence-electron chi connectivity index (χ1n) is 6.45. The van der Waals surface area contributed by atoms with Crippen LogP contribution in [-0.2, 0) is 0 Å². The molecule has 23 heavy (non-hydrogen) atoms. The minimum atomic E-state index is -0.639. The topological polar surface area (TPSA) is 34.9 Å². The SMILES string of the molecule is O=Cc1cn(-c2cccc(Cl)c2)nc1-c1cc(F)c(Cl)cc1Cl. The predicted octanol–water partition coefficient (Wildman–Crippen LogP) is 5.45. The summed E-state index contributed by atoms with van der Waals surface area (Å²) in [5.74, 6) is -0.639. The number of rotatable bonds is 3. The summed E-state index contributed by atoms with van der Waals surface area (Å²) in [5, 5.41) is 4.97. The minimum Gasteiger partial charge on any atom is -0.298 e. The molecule has 0 unspecified atom stereocenters. The van der Waals surface area contributed by atoms with E-state index < -0.39 is 5.82 Å². The van der Waals surface area contributed by atoms with Gasteiger partial charge in [0.05, 0.1) is 21.3 Å². The van der Waals surface area contributed by atoms with Crippen LogP contribution in [0.4, 0.5) is 4.39 Å². The molecule has 0 N–H and O–H groups in total. The molecule has 0 bridgehead atoms. The number of halogens is 4. The van der Waals surface area contributed by atoms with E-state index in [1.54, 1.807) is 24.3 Å². The van der Waals surface area contributed by atoms with E-state index in [9.17, 15) is 9.18 Å². The molecule has 0 aliphatic rings. The lowest BCUT2D eigenvalue weighted by atomic mass is 10.1. The fraction of sp³-hybridized carbons (Fsp3) is 0. The third-order valence-corrected chi connectivity index (χ3v) is 4.04. The number of aromatic nitrogens is 2. The molecule has 0 aliphatic heterocycles. The molecular formula is C16H8Cl3FN2O. The predicted molar refractivity (Wildman–Crippen MR) is 89.4 cm³/mol. The molecule has 3 rings (SSSR count). The summed E-state index contributed by atoms with van der Waals surface area (Å²) in [6.45, 7) is 0. The van der Waals surface area contributed by atoms with Gasteiger partial charge in [-0.05, 0) is 30.3 Å². The van der Waals surface area contributed by atoms with Crippen molar-refractivity contribution in [1.29, 1.82) is 0 Å². The van der Waals surface area contributed by atoms with Gasteiger partial charge in [0.15, 0.2) is 6.29 Å². The Morgan fingerprint density at radius 3 is 2.57 bits per heavy atom. The van der Waals surface area contributed by atoms with E-state index in [2.05, 4.69) is 5.10 Å². The summed E-state index contributed by atoms with van der Waals surface area (Å²) < 4.78 is 15.2. The molecule has 3 aromatic rings. The van der Waals surface area contributed by atoms with Gasteiger partial charge in [-0.1, -0.05) is 40.9 Å². The van der Waals surface area contributed by atoms with Crippen LogP contribution < -0.4 is 0 Å². The van der Waals surface area contributed by atoms with Crippen molar-refractivity contribution in [1.82, 2.24) is 9.78 Å². The van der Waals surface area contributed by atoms with Gasteiger partial charge in [0, 0.05) is 16.8 Å². The number of carbonyl (C=O) groups is 1. The third-order valence-electron chi connectivity index (χ3n) is 3.21. The lowest BCUT2D eigenvalue weighted by Gasteiger charge is -2.04. The summed E-state index contributed by atoms with van der Waals surface area (Å²) in [6.07, 6.45) is 2.16. The van der Waals surface area contributed by atoms with E-state index in [-0.39, 0.29) is 26.9 Å². The Balaban J connectivity index is 2.18. The molecule has 116 valence electrons. The van der Waals surface area contributed by atoms with Crippen LogP contribution in [0.2, 0.25) is 15.1 Å². The second-order valence-corrected chi connectivity index (χ2v) is 5.97. The highest BCUT2D eigenvalue weighted by Gasteiger charge is 2.17. The highest BCUT2D eigenvalue weighted by atomic mass is 35.5. The standard InChI is InChI=1S/C16H8Cl3FN2O/c17-10-2-1-3-11(4-10)22-7-9(8-23)16(21-22)12-5-15(20)14(19)6-13(12)18/h1-8H. The van der Waals surface area contributed by atoms with Crippen molar-refractivity contribution in [2.75, 3.05) is 0 Å². The Bertz CT molecular complexity index is 908. The number of hydrogen-bond acceptors (Lipinski definition) is 2. The maximum Gasteiger partial charge on any atom is 0.153 e. The number of hydrogen-bond donors (Lipinski definition) is 0. The zero-order chi connectivity index (χ0) is 16.6. The first-order chi connectivity index (χ1) is 11.0. The van der Waals surface area contributed by atoms with Crippen LogP contribution >= 0.6 is 34.8 Å². The molecule has 1 heterocycles. The molecule has 0 saturated carbocycles. The van der Waals surface area contributed by atoms with Gasteiger partial charge in [0.1, 0.15) is 11.5 Å². The van der Waals surface area contributed by atoms with E-state index in [0.29, 0.717) is 17.0 Å². The summed E-state index contributed by atoms with van der Waals surface area (Å²) >= 11 is 17.8. The van der Waals surface area contributed by atoms with E-state index in [1.165, 1.54) is 16.9 Å². The van der Waals surface area contributed by atoms with Crippen LogP contribution in [0.1, 0.15) is 10.4 Å². The van der Waals surface area contributed by atoms with Gasteiger partial charge in [-0.15, -0.1) is 0 Å². The van der Waals surface area contributed by atoms with Crippen LogP contribution in [0.5, 0.6) is 0 Å². The first kappa shape index (κ1) is 16.0. The Labute approximate surface area is 146 Å². The fourth-order valence-electron chi connectivity index (χ4n) is 2.14. The van der Waals surface area contributed by atoms with Crippen molar-refractivity contribution < 1.29 is 9.18 Å². The summed E-state index contributed by atoms with van der Waals surface area (Å²) in [5.41, 5.74) is 1.49. The fourth-order valence-corrected chi connectivity index (χ4v) is 2.79. The average Bonchev–Trinajstić information content (AvgIpc) is 2.95. The van der Waals surface area contributed by atoms with Gasteiger partial charge in [0.2, 0.25) is 0 Å². The van der Waals surface area contributed by atoms with Crippen LogP contribution in [0, 0.1) is 5.82 Å². The molecule has 0 saturated heterocycles. The highest BCUT2D eigenvalue weighted by Crippen LogP contribution is 2.33. The van der Waals surface area contributed by atoms with E-state index in [0.717, 1.165) is 6.07 Å². The highest BCUT2D eigenvalue weighted by molar-refractivity contribution is 6.36. The van der Waals surface area contributed by atoms with E-state index >= 15 is 0 Å². The second-order valence-electron chi connectivity index (χ2n) is 4.72. The molecule has 0 aliphatic carbocycles. The normalized spacial score (nSPS) is 10.8. The third kappa shape index (κ3) is 3.11. The lowest BCUT2D eigenvalue weighted by Crippen LogP contribution is -1.95. The van der Waals surface area contributed by atoms with Crippen molar-refractivity contribution >= 4 is 41.1 Å². The van der Waals surface area contributed by atoms with Crippen molar-refractivity contribution in [2.45, 2.75) is 0 Å². The number of carbonyl (C=O) groups excluding carboxylic acids is 1. The Kier molecular flexibility index (Phi) is 4.39. The van der Waals surface area contributed by atoms with Crippen LogP contribution in [0.3, 0.4) is 0 Å². The summed E-state index contributed by atoms with van der Waals surface area (Å²) in [7, 11) is 0. The number of aldehydes is 1. The smallest absolute Gasteiger partial charge is 0.153 e. The van der Waals surface area contributed by atoms with Crippen LogP contribution in [-0.4, -0.2) is 16.1 Å². The van der Waals surface area contributed by atoms with E-state index in [1.807, 2.05) is 0 Å².